The number of nitrogens with one attached hydrogen (secondary N) is 1. The number of piperidine rings is 1. The summed E-state index contributed by atoms with van der Waals surface area (Å²) >= 11 is 0. The van der Waals surface area contributed by atoms with Gasteiger partial charge in [0.25, 0.3) is 0 Å². The van der Waals surface area contributed by atoms with Gasteiger partial charge in [0, 0.05) is 18.3 Å². The average molecular weight is 286 g/mol. The molecule has 0 spiro atoms. The van der Waals surface area contributed by atoms with E-state index in [0.717, 1.165) is 50.9 Å². The number of rotatable bonds is 2. The molecule has 3 nitrogen and oxygen atoms in total. The third kappa shape index (κ3) is 2.48. The Morgan fingerprint density at radius 3 is 2.95 bits per heavy atom. The van der Waals surface area contributed by atoms with Gasteiger partial charge in [-0.2, -0.15) is 0 Å². The lowest BCUT2D eigenvalue weighted by Gasteiger charge is -2.44. The lowest BCUT2D eigenvalue weighted by molar-refractivity contribution is -0.130. The molecule has 1 fully saturated rings. The molecule has 2 aliphatic rings. The summed E-state index contributed by atoms with van der Waals surface area (Å²) in [6, 6.07) is 8.71. The maximum atomic E-state index is 13.4. The van der Waals surface area contributed by atoms with Crippen molar-refractivity contribution in [2.75, 3.05) is 18.0 Å². The molecule has 3 rings (SSSR count). The number of hydrogen-bond donors (Lipinski definition) is 1. The van der Waals surface area contributed by atoms with Crippen molar-refractivity contribution in [2.24, 2.45) is 5.41 Å². The molecule has 1 aromatic rings. The molecule has 1 N–H and O–H groups in total. The van der Waals surface area contributed by atoms with Crippen molar-refractivity contribution in [3.8, 4) is 0 Å². The molecule has 2 atom stereocenters. The molecule has 114 valence electrons. The summed E-state index contributed by atoms with van der Waals surface area (Å²) in [5.41, 5.74) is 2.25. The number of benzene rings is 1. The number of nitrogens with zero attached hydrogens (tertiary/aromatic N) is 1. The second-order valence-corrected chi connectivity index (χ2v) is 6.61. The molecule has 1 aromatic carbocycles. The van der Waals surface area contributed by atoms with E-state index in [1.54, 1.807) is 0 Å². The van der Waals surface area contributed by atoms with E-state index in [2.05, 4.69) is 48.3 Å². The van der Waals surface area contributed by atoms with Gasteiger partial charge >= 0.3 is 0 Å². The number of amides is 1. The molecule has 0 radical (unpaired) electrons. The molecule has 21 heavy (non-hydrogen) atoms. The molecule has 2 aliphatic heterocycles. The monoisotopic (exact) mass is 286 g/mol. The molecule has 0 aliphatic carbocycles. The van der Waals surface area contributed by atoms with Gasteiger partial charge in [0.2, 0.25) is 5.91 Å². The van der Waals surface area contributed by atoms with Crippen molar-refractivity contribution >= 4 is 11.6 Å². The minimum Gasteiger partial charge on any atom is -0.316 e. The van der Waals surface area contributed by atoms with Crippen LogP contribution in [0.1, 0.15) is 45.1 Å². The zero-order chi connectivity index (χ0) is 14.9. The Balaban J connectivity index is 1.96. The van der Waals surface area contributed by atoms with Gasteiger partial charge < -0.3 is 10.2 Å². The summed E-state index contributed by atoms with van der Waals surface area (Å²) in [5, 5.41) is 3.44. The van der Waals surface area contributed by atoms with Crippen molar-refractivity contribution in [2.45, 2.75) is 52.0 Å². The second kappa shape index (κ2) is 5.80. The lowest BCUT2D eigenvalue weighted by atomic mass is 9.76. The summed E-state index contributed by atoms with van der Waals surface area (Å²) in [6.45, 7) is 6.22. The normalized spacial score (nSPS) is 29.0. The first-order chi connectivity index (χ1) is 10.2. The number of para-hydroxylation sites is 1. The van der Waals surface area contributed by atoms with Crippen molar-refractivity contribution < 1.29 is 4.79 Å². The minimum atomic E-state index is -0.211. The first kappa shape index (κ1) is 14.6. The number of carbonyl (C=O) groups excluding carboxylic acids is 1. The van der Waals surface area contributed by atoms with Crippen LogP contribution < -0.4 is 10.2 Å². The highest BCUT2D eigenvalue weighted by Crippen LogP contribution is 2.38. The Kier molecular flexibility index (Phi) is 4.03. The Morgan fingerprint density at radius 1 is 1.43 bits per heavy atom. The molecule has 0 bridgehead atoms. The van der Waals surface area contributed by atoms with Gasteiger partial charge in [0.1, 0.15) is 0 Å². The van der Waals surface area contributed by atoms with Gasteiger partial charge in [-0.3, -0.25) is 4.79 Å². The van der Waals surface area contributed by atoms with Crippen LogP contribution in [-0.2, 0) is 11.2 Å². The fourth-order valence-electron chi connectivity index (χ4n) is 3.86. The van der Waals surface area contributed by atoms with Crippen molar-refractivity contribution in [1.29, 1.82) is 0 Å². The zero-order valence-electron chi connectivity index (χ0n) is 13.2. The van der Waals surface area contributed by atoms with E-state index in [4.69, 9.17) is 0 Å². The Morgan fingerprint density at radius 2 is 2.24 bits per heavy atom. The summed E-state index contributed by atoms with van der Waals surface area (Å²) in [6.07, 6.45) is 5.18. The third-order valence-electron chi connectivity index (χ3n) is 5.34. The number of anilines is 1. The van der Waals surface area contributed by atoms with Crippen LogP contribution in [0.15, 0.2) is 24.3 Å². The molecular weight excluding hydrogens is 260 g/mol. The highest BCUT2D eigenvalue weighted by Gasteiger charge is 2.43. The standard InChI is InChI=1S/C18H26N2O/c1-3-18(11-6-12-19-13-18)17(21)20-14(2)9-10-15-7-4-5-8-16(15)20/h4-5,7-8,14,19H,3,6,9-13H2,1-2H3. The lowest BCUT2D eigenvalue weighted by Crippen LogP contribution is -2.55. The number of hydrogen-bond acceptors (Lipinski definition) is 2. The molecule has 3 heteroatoms. The van der Waals surface area contributed by atoms with E-state index in [1.165, 1.54) is 5.56 Å². The Hall–Kier alpha value is -1.35. The van der Waals surface area contributed by atoms with E-state index in [-0.39, 0.29) is 5.41 Å². The second-order valence-electron chi connectivity index (χ2n) is 6.61. The summed E-state index contributed by atoms with van der Waals surface area (Å²) in [5.74, 6) is 0.330. The summed E-state index contributed by atoms with van der Waals surface area (Å²) in [4.78, 5) is 15.5. The fourth-order valence-corrected chi connectivity index (χ4v) is 3.86. The highest BCUT2D eigenvalue weighted by molar-refractivity contribution is 5.99. The maximum absolute atomic E-state index is 13.4. The van der Waals surface area contributed by atoms with Crippen LogP contribution in [0, 0.1) is 5.41 Å². The van der Waals surface area contributed by atoms with E-state index in [0.29, 0.717) is 11.9 Å². The van der Waals surface area contributed by atoms with Gasteiger partial charge in [-0.1, -0.05) is 25.1 Å². The van der Waals surface area contributed by atoms with E-state index in [1.807, 2.05) is 0 Å². The van der Waals surface area contributed by atoms with Gasteiger partial charge in [-0.25, -0.2) is 0 Å². The van der Waals surface area contributed by atoms with Crippen LogP contribution in [0.2, 0.25) is 0 Å². The van der Waals surface area contributed by atoms with Gasteiger partial charge in [0.05, 0.1) is 5.41 Å². The van der Waals surface area contributed by atoms with Gasteiger partial charge in [0.15, 0.2) is 0 Å². The SMILES string of the molecule is CCC1(C(=O)N2c3ccccc3CCC2C)CCCNC1. The van der Waals surface area contributed by atoms with Crippen LogP contribution in [0.25, 0.3) is 0 Å². The van der Waals surface area contributed by atoms with Gasteiger partial charge in [-0.05, 0) is 57.2 Å². The highest BCUT2D eigenvalue weighted by atomic mass is 16.2. The Labute approximate surface area is 127 Å². The summed E-state index contributed by atoms with van der Waals surface area (Å²) in [7, 11) is 0. The van der Waals surface area contributed by atoms with Crippen molar-refractivity contribution in [3.05, 3.63) is 29.8 Å². The number of aryl methyl sites for hydroxylation is 1. The zero-order valence-corrected chi connectivity index (χ0v) is 13.2. The third-order valence-corrected chi connectivity index (χ3v) is 5.34. The van der Waals surface area contributed by atoms with Gasteiger partial charge in [-0.15, -0.1) is 0 Å². The molecular formula is C18H26N2O. The van der Waals surface area contributed by atoms with Crippen LogP contribution in [0.5, 0.6) is 0 Å². The largest absolute Gasteiger partial charge is 0.316 e. The molecule has 1 saturated heterocycles. The minimum absolute atomic E-state index is 0.211. The first-order valence-electron chi connectivity index (χ1n) is 8.30. The summed E-state index contributed by atoms with van der Waals surface area (Å²) < 4.78 is 0. The molecule has 0 saturated carbocycles. The van der Waals surface area contributed by atoms with E-state index < -0.39 is 0 Å². The molecule has 0 aromatic heterocycles. The predicted molar refractivity (Wildman–Crippen MR) is 86.5 cm³/mol. The molecule has 1 amide bonds. The van der Waals surface area contributed by atoms with Crippen molar-refractivity contribution in [1.82, 2.24) is 5.32 Å². The quantitative estimate of drug-likeness (QED) is 0.906. The number of carbonyl (C=O) groups is 1. The predicted octanol–water partition coefficient (Wildman–Crippen LogP) is 3.13. The first-order valence-corrected chi connectivity index (χ1v) is 8.30. The van der Waals surface area contributed by atoms with Crippen molar-refractivity contribution in [3.63, 3.8) is 0 Å². The van der Waals surface area contributed by atoms with Crippen LogP contribution in [0.4, 0.5) is 5.69 Å². The van der Waals surface area contributed by atoms with Crippen LogP contribution in [-0.4, -0.2) is 25.0 Å². The number of fused-ring (bicyclic) bond motifs is 1. The fraction of sp³-hybridized carbons (Fsp3) is 0.611. The smallest absolute Gasteiger partial charge is 0.234 e. The van der Waals surface area contributed by atoms with E-state index >= 15 is 0 Å². The van der Waals surface area contributed by atoms with E-state index in [9.17, 15) is 4.79 Å². The molecule has 2 heterocycles. The topological polar surface area (TPSA) is 32.3 Å². The average Bonchev–Trinajstić information content (AvgIpc) is 2.55. The molecule has 2 unspecified atom stereocenters. The Bertz CT molecular complexity index is 520. The maximum Gasteiger partial charge on any atom is 0.234 e. The van der Waals surface area contributed by atoms with Crippen LogP contribution >= 0.6 is 0 Å². The van der Waals surface area contributed by atoms with Crippen LogP contribution in [0.3, 0.4) is 0 Å².